The molecule has 1 unspecified atom stereocenters. The highest BCUT2D eigenvalue weighted by Crippen LogP contribution is 2.34. The van der Waals surface area contributed by atoms with E-state index in [0.29, 0.717) is 24.4 Å². The molecule has 30 heavy (non-hydrogen) atoms. The predicted molar refractivity (Wildman–Crippen MR) is 115 cm³/mol. The Hall–Kier alpha value is -3.46. The van der Waals surface area contributed by atoms with Gasteiger partial charge in [-0.2, -0.15) is 9.61 Å². The molecule has 1 aliphatic heterocycles. The van der Waals surface area contributed by atoms with Gasteiger partial charge in [0.1, 0.15) is 17.2 Å². The van der Waals surface area contributed by atoms with E-state index in [4.69, 9.17) is 9.72 Å². The number of amides is 1. The van der Waals surface area contributed by atoms with Crippen LogP contribution in [0.5, 0.6) is 0 Å². The Morgan fingerprint density at radius 2 is 2.27 bits per heavy atom. The molecule has 1 aliphatic rings. The maximum Gasteiger partial charge on any atom is 0.224 e. The SMILES string of the molecule is CCC(=O)Nc1cnn2c(NC)cc(-c3cn(C4CCOC4)c4ncccc34)nc12. The average molecular weight is 405 g/mol. The Kier molecular flexibility index (Phi) is 4.59. The third kappa shape index (κ3) is 2.98. The lowest BCUT2D eigenvalue weighted by Crippen LogP contribution is -2.10. The molecule has 0 radical (unpaired) electrons. The smallest absolute Gasteiger partial charge is 0.224 e. The molecule has 0 aliphatic carbocycles. The van der Waals surface area contributed by atoms with E-state index >= 15 is 0 Å². The van der Waals surface area contributed by atoms with E-state index in [-0.39, 0.29) is 11.9 Å². The van der Waals surface area contributed by atoms with E-state index in [1.165, 1.54) is 0 Å². The number of aromatic nitrogens is 5. The van der Waals surface area contributed by atoms with Crippen molar-refractivity contribution >= 4 is 34.1 Å². The van der Waals surface area contributed by atoms with Gasteiger partial charge in [-0.15, -0.1) is 0 Å². The highest BCUT2D eigenvalue weighted by molar-refractivity contribution is 5.96. The third-order valence-electron chi connectivity index (χ3n) is 5.49. The van der Waals surface area contributed by atoms with Gasteiger partial charge in [-0.25, -0.2) is 9.97 Å². The Morgan fingerprint density at radius 3 is 3.03 bits per heavy atom. The standard InChI is InChI=1S/C21H23N7O2/c1-3-19(29)25-17-10-24-28-18(22-2)9-16(26-21(17)28)15-11-27(13-6-8-30-12-13)20-14(15)5-4-7-23-20/h4-5,7,9-11,13,22H,3,6,8,12H2,1-2H3,(H,25,29). The molecule has 1 amide bonds. The summed E-state index contributed by atoms with van der Waals surface area (Å²) in [5, 5.41) is 11.5. The van der Waals surface area contributed by atoms with E-state index in [1.807, 2.05) is 32.3 Å². The van der Waals surface area contributed by atoms with Crippen LogP contribution in [0, 0.1) is 0 Å². The highest BCUT2D eigenvalue weighted by Gasteiger charge is 2.23. The zero-order chi connectivity index (χ0) is 20.7. The van der Waals surface area contributed by atoms with Crippen molar-refractivity contribution in [3.8, 4) is 11.3 Å². The van der Waals surface area contributed by atoms with Gasteiger partial charge >= 0.3 is 0 Å². The number of nitrogens with zero attached hydrogens (tertiary/aromatic N) is 5. The van der Waals surface area contributed by atoms with Crippen molar-refractivity contribution in [2.45, 2.75) is 25.8 Å². The molecule has 1 atom stereocenters. The first-order chi connectivity index (χ1) is 14.7. The van der Waals surface area contributed by atoms with Gasteiger partial charge in [0.25, 0.3) is 0 Å². The second-order valence-corrected chi connectivity index (χ2v) is 7.31. The molecule has 5 rings (SSSR count). The van der Waals surface area contributed by atoms with Crippen molar-refractivity contribution < 1.29 is 9.53 Å². The van der Waals surface area contributed by atoms with Gasteiger partial charge in [-0.1, -0.05) is 6.92 Å². The summed E-state index contributed by atoms with van der Waals surface area (Å²) < 4.78 is 9.48. The summed E-state index contributed by atoms with van der Waals surface area (Å²) in [6, 6.07) is 6.22. The van der Waals surface area contributed by atoms with Crippen LogP contribution >= 0.6 is 0 Å². The lowest BCUT2D eigenvalue weighted by Gasteiger charge is -2.10. The van der Waals surface area contributed by atoms with Gasteiger partial charge in [-0.3, -0.25) is 4.79 Å². The number of rotatable bonds is 5. The van der Waals surface area contributed by atoms with Crippen molar-refractivity contribution in [3.05, 3.63) is 36.8 Å². The fourth-order valence-corrected chi connectivity index (χ4v) is 3.91. The molecule has 2 N–H and O–H groups in total. The predicted octanol–water partition coefficient (Wildman–Crippen LogP) is 3.10. The topological polar surface area (TPSA) is 98.4 Å². The van der Waals surface area contributed by atoms with E-state index < -0.39 is 0 Å². The number of nitrogens with one attached hydrogen (secondary N) is 2. The maximum absolute atomic E-state index is 11.9. The van der Waals surface area contributed by atoms with Gasteiger partial charge < -0.3 is 19.9 Å². The second kappa shape index (κ2) is 7.42. The van der Waals surface area contributed by atoms with Crippen molar-refractivity contribution in [1.29, 1.82) is 0 Å². The van der Waals surface area contributed by atoms with Gasteiger partial charge in [0.05, 0.1) is 24.5 Å². The van der Waals surface area contributed by atoms with Crippen LogP contribution in [-0.2, 0) is 9.53 Å². The van der Waals surface area contributed by atoms with Crippen molar-refractivity contribution in [3.63, 3.8) is 0 Å². The quantitative estimate of drug-likeness (QED) is 0.529. The summed E-state index contributed by atoms with van der Waals surface area (Å²) in [5.41, 5.74) is 3.87. The van der Waals surface area contributed by atoms with Gasteiger partial charge in [0.2, 0.25) is 5.91 Å². The normalized spacial score (nSPS) is 16.4. The Balaban J connectivity index is 1.70. The molecule has 9 nitrogen and oxygen atoms in total. The summed E-state index contributed by atoms with van der Waals surface area (Å²) in [6.07, 6.45) is 6.89. The molecular weight excluding hydrogens is 382 g/mol. The fourth-order valence-electron chi connectivity index (χ4n) is 3.91. The first kappa shape index (κ1) is 18.6. The van der Waals surface area contributed by atoms with E-state index in [9.17, 15) is 4.79 Å². The summed E-state index contributed by atoms with van der Waals surface area (Å²) in [6.45, 7) is 3.26. The minimum Gasteiger partial charge on any atom is -0.379 e. The molecular formula is C21H23N7O2. The van der Waals surface area contributed by atoms with Crippen LogP contribution < -0.4 is 10.6 Å². The Morgan fingerprint density at radius 1 is 1.37 bits per heavy atom. The minimum atomic E-state index is -0.0786. The minimum absolute atomic E-state index is 0.0786. The number of carbonyl (C=O) groups is 1. The molecule has 0 saturated carbocycles. The van der Waals surface area contributed by atoms with Crippen molar-refractivity contribution in [1.82, 2.24) is 24.1 Å². The van der Waals surface area contributed by atoms with Crippen LogP contribution in [0.4, 0.5) is 11.5 Å². The van der Waals surface area contributed by atoms with Crippen molar-refractivity contribution in [2.24, 2.45) is 0 Å². The molecule has 4 aromatic heterocycles. The largest absolute Gasteiger partial charge is 0.379 e. The number of hydrogen-bond acceptors (Lipinski definition) is 6. The summed E-state index contributed by atoms with van der Waals surface area (Å²) >= 11 is 0. The molecule has 0 aromatic carbocycles. The van der Waals surface area contributed by atoms with Crippen LogP contribution in [0.3, 0.4) is 0 Å². The highest BCUT2D eigenvalue weighted by atomic mass is 16.5. The molecule has 1 saturated heterocycles. The van der Waals surface area contributed by atoms with Crippen LogP contribution in [-0.4, -0.2) is 50.3 Å². The van der Waals surface area contributed by atoms with Crippen LogP contribution in [0.15, 0.2) is 36.8 Å². The van der Waals surface area contributed by atoms with E-state index in [1.54, 1.807) is 10.7 Å². The van der Waals surface area contributed by atoms with Crippen molar-refractivity contribution in [2.75, 3.05) is 30.9 Å². The average Bonchev–Trinajstić information content (AvgIpc) is 3.51. The van der Waals surface area contributed by atoms with Crippen LogP contribution in [0.25, 0.3) is 27.9 Å². The monoisotopic (exact) mass is 405 g/mol. The summed E-state index contributed by atoms with van der Waals surface area (Å²) in [5.74, 6) is 0.700. The van der Waals surface area contributed by atoms with Gasteiger partial charge in [0.15, 0.2) is 5.65 Å². The lowest BCUT2D eigenvalue weighted by molar-refractivity contribution is -0.115. The number of fused-ring (bicyclic) bond motifs is 2. The number of ether oxygens (including phenoxy) is 1. The zero-order valence-electron chi connectivity index (χ0n) is 16.9. The fraction of sp³-hybridized carbons (Fsp3) is 0.333. The van der Waals surface area contributed by atoms with E-state index in [2.05, 4.69) is 37.5 Å². The Bertz CT molecular complexity index is 1240. The van der Waals surface area contributed by atoms with Crippen LogP contribution in [0.2, 0.25) is 0 Å². The third-order valence-corrected chi connectivity index (χ3v) is 5.49. The first-order valence-corrected chi connectivity index (χ1v) is 10.1. The molecule has 154 valence electrons. The zero-order valence-corrected chi connectivity index (χ0v) is 16.9. The lowest BCUT2D eigenvalue weighted by atomic mass is 10.1. The van der Waals surface area contributed by atoms with E-state index in [0.717, 1.165) is 41.1 Å². The summed E-state index contributed by atoms with van der Waals surface area (Å²) in [4.78, 5) is 21.4. The first-order valence-electron chi connectivity index (χ1n) is 10.1. The van der Waals surface area contributed by atoms with Gasteiger partial charge in [0, 0.05) is 49.5 Å². The summed E-state index contributed by atoms with van der Waals surface area (Å²) in [7, 11) is 1.84. The second-order valence-electron chi connectivity index (χ2n) is 7.31. The maximum atomic E-state index is 11.9. The number of pyridine rings is 1. The molecule has 5 heterocycles. The van der Waals surface area contributed by atoms with Gasteiger partial charge in [-0.05, 0) is 18.6 Å². The molecule has 4 aromatic rings. The molecule has 9 heteroatoms. The number of anilines is 2. The molecule has 0 spiro atoms. The number of hydrogen-bond donors (Lipinski definition) is 2. The Labute approximate surface area is 173 Å². The molecule has 0 bridgehead atoms. The number of carbonyl (C=O) groups excluding carboxylic acids is 1. The van der Waals surface area contributed by atoms with Crippen LogP contribution in [0.1, 0.15) is 25.8 Å². The molecule has 1 fully saturated rings.